The molecular formula is C15H23N3O2. The van der Waals surface area contributed by atoms with E-state index >= 15 is 0 Å². The first kappa shape index (κ1) is 14.8. The summed E-state index contributed by atoms with van der Waals surface area (Å²) in [6.45, 7) is 3.01. The van der Waals surface area contributed by atoms with Crippen LogP contribution in [0.15, 0.2) is 12.3 Å². The first-order valence-electron chi connectivity index (χ1n) is 7.25. The second kappa shape index (κ2) is 7.24. The minimum atomic E-state index is -0.114. The molecule has 0 spiro atoms. The van der Waals surface area contributed by atoms with Gasteiger partial charge in [-0.05, 0) is 25.8 Å². The number of nitrogens with one attached hydrogen (secondary N) is 2. The predicted octanol–water partition coefficient (Wildman–Crippen LogP) is 2.12. The zero-order valence-corrected chi connectivity index (χ0v) is 12.2. The summed E-state index contributed by atoms with van der Waals surface area (Å²) < 4.78 is 5.72. The molecule has 110 valence electrons. The lowest BCUT2D eigenvalue weighted by molar-refractivity contribution is 0.0582. The standard InChI is InChI=1S/C15H23N3O2/c1-11-9-14(16-2)13(10-18-11)15(19)17-7-8-20-12-5-3-4-6-12/h9-10,12H,3-8H2,1-2H3,(H,16,18)(H,17,19). The predicted molar refractivity (Wildman–Crippen MR) is 79.1 cm³/mol. The van der Waals surface area contributed by atoms with Gasteiger partial charge < -0.3 is 15.4 Å². The zero-order chi connectivity index (χ0) is 14.4. The molecule has 1 fully saturated rings. The van der Waals surface area contributed by atoms with Crippen LogP contribution >= 0.6 is 0 Å². The zero-order valence-electron chi connectivity index (χ0n) is 12.2. The van der Waals surface area contributed by atoms with E-state index in [0.717, 1.165) is 24.2 Å². The molecule has 0 bridgehead atoms. The molecule has 1 aromatic heterocycles. The van der Waals surface area contributed by atoms with Crippen LogP contribution in [0.3, 0.4) is 0 Å². The molecule has 1 heterocycles. The molecule has 0 unspecified atom stereocenters. The van der Waals surface area contributed by atoms with Crippen molar-refractivity contribution in [2.75, 3.05) is 25.5 Å². The van der Waals surface area contributed by atoms with Crippen molar-refractivity contribution in [3.63, 3.8) is 0 Å². The van der Waals surface area contributed by atoms with Gasteiger partial charge in [0.05, 0.1) is 24.0 Å². The highest BCUT2D eigenvalue weighted by atomic mass is 16.5. The third kappa shape index (κ3) is 3.93. The van der Waals surface area contributed by atoms with Gasteiger partial charge in [-0.25, -0.2) is 0 Å². The highest BCUT2D eigenvalue weighted by Crippen LogP contribution is 2.20. The number of ether oxygens (including phenoxy) is 1. The Kier molecular flexibility index (Phi) is 5.35. The van der Waals surface area contributed by atoms with Gasteiger partial charge in [0, 0.05) is 25.5 Å². The first-order valence-corrected chi connectivity index (χ1v) is 7.25. The highest BCUT2D eigenvalue weighted by molar-refractivity contribution is 5.99. The van der Waals surface area contributed by atoms with Gasteiger partial charge in [0.2, 0.25) is 0 Å². The van der Waals surface area contributed by atoms with Crippen molar-refractivity contribution in [3.8, 4) is 0 Å². The molecule has 2 rings (SSSR count). The van der Waals surface area contributed by atoms with E-state index in [2.05, 4.69) is 15.6 Å². The van der Waals surface area contributed by atoms with Crippen molar-refractivity contribution in [3.05, 3.63) is 23.5 Å². The Morgan fingerprint density at radius 2 is 2.20 bits per heavy atom. The van der Waals surface area contributed by atoms with Gasteiger partial charge in [0.15, 0.2) is 0 Å². The molecule has 1 aliphatic rings. The Labute approximate surface area is 120 Å². The van der Waals surface area contributed by atoms with Crippen LogP contribution < -0.4 is 10.6 Å². The molecule has 20 heavy (non-hydrogen) atoms. The van der Waals surface area contributed by atoms with Gasteiger partial charge in [0.1, 0.15) is 0 Å². The number of anilines is 1. The van der Waals surface area contributed by atoms with Crippen LogP contribution in [0.1, 0.15) is 41.7 Å². The van der Waals surface area contributed by atoms with Gasteiger partial charge in [-0.3, -0.25) is 9.78 Å². The smallest absolute Gasteiger partial charge is 0.255 e. The minimum Gasteiger partial charge on any atom is -0.387 e. The molecule has 0 aromatic carbocycles. The second-order valence-electron chi connectivity index (χ2n) is 5.15. The Morgan fingerprint density at radius 1 is 1.45 bits per heavy atom. The number of carbonyl (C=O) groups is 1. The molecule has 0 radical (unpaired) electrons. The Morgan fingerprint density at radius 3 is 2.90 bits per heavy atom. The Bertz CT molecular complexity index is 456. The number of nitrogens with zero attached hydrogens (tertiary/aromatic N) is 1. The third-order valence-electron chi connectivity index (χ3n) is 3.60. The van der Waals surface area contributed by atoms with Crippen molar-refractivity contribution in [1.29, 1.82) is 0 Å². The molecule has 1 amide bonds. The van der Waals surface area contributed by atoms with E-state index < -0.39 is 0 Å². The van der Waals surface area contributed by atoms with E-state index in [0.29, 0.717) is 24.8 Å². The van der Waals surface area contributed by atoms with E-state index in [4.69, 9.17) is 4.74 Å². The molecule has 1 aromatic rings. The topological polar surface area (TPSA) is 63.2 Å². The number of hydrogen-bond acceptors (Lipinski definition) is 4. The SMILES string of the molecule is CNc1cc(C)ncc1C(=O)NCCOC1CCCC1. The first-order chi connectivity index (χ1) is 9.70. The van der Waals surface area contributed by atoms with Crippen LogP contribution in [-0.4, -0.2) is 37.2 Å². The maximum absolute atomic E-state index is 12.1. The van der Waals surface area contributed by atoms with Gasteiger partial charge in [-0.2, -0.15) is 0 Å². The molecule has 1 aliphatic carbocycles. The van der Waals surface area contributed by atoms with E-state index in [-0.39, 0.29) is 5.91 Å². The summed E-state index contributed by atoms with van der Waals surface area (Å²) in [6, 6.07) is 1.87. The summed E-state index contributed by atoms with van der Waals surface area (Å²) in [5.41, 5.74) is 2.25. The third-order valence-corrected chi connectivity index (χ3v) is 3.60. The lowest BCUT2D eigenvalue weighted by Gasteiger charge is -2.13. The van der Waals surface area contributed by atoms with Gasteiger partial charge >= 0.3 is 0 Å². The summed E-state index contributed by atoms with van der Waals surface area (Å²) in [7, 11) is 1.80. The number of aromatic nitrogens is 1. The van der Waals surface area contributed by atoms with E-state index in [1.165, 1.54) is 12.8 Å². The second-order valence-corrected chi connectivity index (χ2v) is 5.15. The molecule has 5 heteroatoms. The fourth-order valence-electron chi connectivity index (χ4n) is 2.49. The molecule has 0 saturated heterocycles. The summed E-state index contributed by atoms with van der Waals surface area (Å²) >= 11 is 0. The molecule has 0 atom stereocenters. The van der Waals surface area contributed by atoms with Crippen molar-refractivity contribution >= 4 is 11.6 Å². The quantitative estimate of drug-likeness (QED) is 0.782. The van der Waals surface area contributed by atoms with Crippen LogP contribution in [0, 0.1) is 6.92 Å². The van der Waals surface area contributed by atoms with E-state index in [1.807, 2.05) is 13.0 Å². The van der Waals surface area contributed by atoms with Gasteiger partial charge in [-0.15, -0.1) is 0 Å². The minimum absolute atomic E-state index is 0.114. The van der Waals surface area contributed by atoms with Crippen molar-refractivity contribution < 1.29 is 9.53 Å². The fourth-order valence-corrected chi connectivity index (χ4v) is 2.49. The fraction of sp³-hybridized carbons (Fsp3) is 0.600. The number of aryl methyl sites for hydroxylation is 1. The number of pyridine rings is 1. The summed E-state index contributed by atoms with van der Waals surface area (Å²) in [5, 5.41) is 5.89. The summed E-state index contributed by atoms with van der Waals surface area (Å²) in [5.74, 6) is -0.114. The highest BCUT2D eigenvalue weighted by Gasteiger charge is 2.15. The van der Waals surface area contributed by atoms with Crippen molar-refractivity contribution in [1.82, 2.24) is 10.3 Å². The molecular weight excluding hydrogens is 254 g/mol. The Hall–Kier alpha value is -1.62. The van der Waals surface area contributed by atoms with Crippen molar-refractivity contribution in [2.24, 2.45) is 0 Å². The van der Waals surface area contributed by atoms with Crippen LogP contribution in [0.25, 0.3) is 0 Å². The maximum atomic E-state index is 12.1. The molecule has 5 nitrogen and oxygen atoms in total. The lowest BCUT2D eigenvalue weighted by atomic mass is 10.2. The number of hydrogen-bond donors (Lipinski definition) is 2. The van der Waals surface area contributed by atoms with Gasteiger partial charge in [-0.1, -0.05) is 12.8 Å². The monoisotopic (exact) mass is 277 g/mol. The average Bonchev–Trinajstić information content (AvgIpc) is 2.96. The van der Waals surface area contributed by atoms with E-state index in [9.17, 15) is 4.79 Å². The molecule has 1 saturated carbocycles. The largest absolute Gasteiger partial charge is 0.387 e. The van der Waals surface area contributed by atoms with Crippen LogP contribution in [0.2, 0.25) is 0 Å². The number of carbonyl (C=O) groups excluding carboxylic acids is 1. The van der Waals surface area contributed by atoms with Crippen molar-refractivity contribution in [2.45, 2.75) is 38.7 Å². The van der Waals surface area contributed by atoms with Gasteiger partial charge in [0.25, 0.3) is 5.91 Å². The van der Waals surface area contributed by atoms with Crippen LogP contribution in [-0.2, 0) is 4.74 Å². The summed E-state index contributed by atoms with van der Waals surface area (Å²) in [6.07, 6.45) is 6.82. The van der Waals surface area contributed by atoms with Crippen LogP contribution in [0.4, 0.5) is 5.69 Å². The normalized spacial score (nSPS) is 15.3. The lowest BCUT2D eigenvalue weighted by Crippen LogP contribution is -2.29. The average molecular weight is 277 g/mol. The number of amides is 1. The van der Waals surface area contributed by atoms with Crippen LogP contribution in [0.5, 0.6) is 0 Å². The van der Waals surface area contributed by atoms with E-state index in [1.54, 1.807) is 13.2 Å². The summed E-state index contributed by atoms with van der Waals surface area (Å²) in [4.78, 5) is 16.3. The number of rotatable bonds is 6. The molecule has 2 N–H and O–H groups in total. The maximum Gasteiger partial charge on any atom is 0.255 e. The Balaban J connectivity index is 1.79. The molecule has 0 aliphatic heterocycles.